The lowest BCUT2D eigenvalue weighted by atomic mass is 9.67. The Balaban J connectivity index is 0.0000117. The fourth-order valence-corrected chi connectivity index (χ4v) is 20.1. The molecule has 30 nitrogen and oxygen atoms in total. The lowest BCUT2D eigenvalue weighted by Crippen LogP contribution is -2.43. The van der Waals surface area contributed by atoms with Crippen LogP contribution in [0.3, 0.4) is 0 Å². The van der Waals surface area contributed by atoms with E-state index in [0.717, 1.165) is 25.7 Å². The molecule has 0 aromatic rings. The zero-order valence-corrected chi connectivity index (χ0v) is 84.7. The molecule has 30 heteroatoms. The van der Waals surface area contributed by atoms with Gasteiger partial charge in [-0.25, -0.2) is 0 Å². The minimum Gasteiger partial charge on any atom is -0.466 e. The molecule has 772 valence electrons. The number of hydrogen-bond acceptors (Lipinski definition) is 24. The van der Waals surface area contributed by atoms with E-state index in [-0.39, 0.29) is 235 Å². The van der Waals surface area contributed by atoms with Crippen LogP contribution in [0.2, 0.25) is 0 Å². The summed E-state index contributed by atoms with van der Waals surface area (Å²) in [6.07, 6.45) is 12.1. The molecule has 11 unspecified atom stereocenters. The first-order chi connectivity index (χ1) is 64.2. The van der Waals surface area contributed by atoms with Crippen molar-refractivity contribution in [1.82, 2.24) is 31.5 Å². The molecule has 0 radical (unpaired) electrons. The third-order valence-corrected chi connectivity index (χ3v) is 30.4. The Morgan fingerprint density at radius 2 is 0.731 bits per heavy atom. The summed E-state index contributed by atoms with van der Waals surface area (Å²) in [5, 5.41) is 18.6. The van der Waals surface area contributed by atoms with E-state index >= 15 is 4.79 Å². The number of aliphatic hydroxyl groups excluding tert-OH is 1. The fourth-order valence-electron chi connectivity index (χ4n) is 20.1. The Labute approximate surface area is 807 Å². The van der Waals surface area contributed by atoms with Crippen molar-refractivity contribution in [3.05, 3.63) is 0 Å². The highest BCUT2D eigenvalue weighted by Crippen LogP contribution is 2.44. The molecule has 5 rings (SSSR count). The number of aliphatic hydroxyl groups is 1. The number of ketones is 3. The zero-order valence-electron chi connectivity index (χ0n) is 86.7. The number of likely N-dealkylation sites (tertiary alicyclic amines) is 1. The summed E-state index contributed by atoms with van der Waals surface area (Å²) in [5.41, 5.74) is 0. The fraction of sp³-hybridized carbons (Fsp3) is 0.865. The van der Waals surface area contributed by atoms with Gasteiger partial charge in [0.2, 0.25) is 36.9 Å². The van der Waals surface area contributed by atoms with Gasteiger partial charge < -0.3 is 84.0 Å². The van der Waals surface area contributed by atoms with Gasteiger partial charge in [-0.05, 0) is 237 Å². The van der Waals surface area contributed by atoms with Crippen LogP contribution in [0, 0.1) is 107 Å². The monoisotopic (exact) mass is 1900 g/mol. The van der Waals surface area contributed by atoms with Gasteiger partial charge in [0.05, 0.1) is 69.9 Å². The van der Waals surface area contributed by atoms with Crippen molar-refractivity contribution >= 4 is 82.6 Å². The maximum Gasteiger partial charge on any atom is 0.306 e. The van der Waals surface area contributed by atoms with Gasteiger partial charge in [-0.15, -0.1) is 0 Å². The number of amides is 6. The largest absolute Gasteiger partial charge is 0.466 e. The second-order valence-corrected chi connectivity index (χ2v) is 40.0. The first kappa shape index (κ1) is 117. The van der Waals surface area contributed by atoms with E-state index in [0.29, 0.717) is 234 Å². The van der Waals surface area contributed by atoms with E-state index in [4.69, 9.17) is 45.4 Å². The van der Waals surface area contributed by atoms with Gasteiger partial charge in [-0.1, -0.05) is 103 Å². The first-order valence-electron chi connectivity index (χ1n) is 52.0. The van der Waals surface area contributed by atoms with Crippen LogP contribution in [0.1, 0.15) is 339 Å². The molecule has 0 bridgehead atoms. The molecule has 0 aromatic carbocycles. The lowest BCUT2D eigenvalue weighted by Gasteiger charge is -2.43. The molecule has 6 amide bonds. The molecule has 134 heavy (non-hydrogen) atoms. The third-order valence-electron chi connectivity index (χ3n) is 30.4. The van der Waals surface area contributed by atoms with E-state index in [2.05, 4.69) is 115 Å². The average Bonchev–Trinajstić information content (AvgIpc) is 1.19. The molecule has 4 saturated carbocycles. The predicted molar refractivity (Wildman–Crippen MR) is 515 cm³/mol. The lowest BCUT2D eigenvalue weighted by molar-refractivity contribution is -0.150. The quantitative estimate of drug-likeness (QED) is 0.0187. The molecule has 1 saturated heterocycles. The number of esters is 5. The van der Waals surface area contributed by atoms with Gasteiger partial charge in [0.25, 0.3) is 0 Å². The number of carbonyl (C=O) groups excluding carboxylic acids is 14. The smallest absolute Gasteiger partial charge is 0.306 e. The van der Waals surface area contributed by atoms with E-state index < -0.39 is 41.9 Å². The van der Waals surface area contributed by atoms with Crippen LogP contribution in [0.25, 0.3) is 0 Å². The number of nitrogens with zero attached hydrogens (tertiary/aromatic N) is 1. The molecular weight excluding hydrogens is 1720 g/mol. The molecule has 1 aliphatic heterocycles. The van der Waals surface area contributed by atoms with Crippen molar-refractivity contribution in [1.29, 1.82) is 1.43 Å². The van der Waals surface area contributed by atoms with Crippen LogP contribution in [0.5, 0.6) is 0 Å². The third kappa shape index (κ3) is 45.7. The summed E-state index contributed by atoms with van der Waals surface area (Å²) in [6.45, 7) is 37.7. The summed E-state index contributed by atoms with van der Waals surface area (Å²) in [4.78, 5) is 185. The second-order valence-electron chi connectivity index (χ2n) is 40.0. The molecule has 5 aliphatic rings. The maximum absolute atomic E-state index is 15.0. The van der Waals surface area contributed by atoms with Crippen LogP contribution in [0.4, 0.5) is 0 Å². The summed E-state index contributed by atoms with van der Waals surface area (Å²) < 4.78 is 66.9. The highest BCUT2D eigenvalue weighted by Gasteiger charge is 2.44. The SMILES string of the molecule is C.[2H]C[C@@H]1C[C@@H](OC(=O)CCC(C)=O)CN1C(=O)CCCNC(=O)C(CCCCNC(=O)C(CCCCNC(=O)CCCCO[C@@H]1CC(COC(C)=O)[C@H](C)[C@H](C)C1C)CC(=O)CCCCO[C@@H]1CC(COC(C)=O)[C@H](C)[C@H](C)C1C)CC(=O)C(CCCCNC(=O)CCCCO[C@@H]1CC(COC(C)=O)[C@H](C)[C@H](C)C1C)NC(=O)CCCCO[C@@H]1CC(COC(C)=O)[C@H](C)[C@H](C)C1C.[3H]OC. The van der Waals surface area contributed by atoms with Crippen molar-refractivity contribution < 1.29 is 116 Å². The molecule has 1 heterocycles. The molecule has 0 aromatic heterocycles. The second kappa shape index (κ2) is 66.5. The van der Waals surface area contributed by atoms with Crippen LogP contribution in [0.15, 0.2) is 0 Å². The van der Waals surface area contributed by atoms with Gasteiger partial charge in [-0.3, -0.25) is 62.3 Å². The average molecular weight is 1900 g/mol. The number of carbonyl (C=O) groups is 14. The molecule has 25 atom stereocenters. The Bertz CT molecular complexity index is 3560. The van der Waals surface area contributed by atoms with Crippen molar-refractivity contribution in [2.24, 2.45) is 107 Å². The van der Waals surface area contributed by atoms with E-state index in [1.165, 1.54) is 46.6 Å². The van der Waals surface area contributed by atoms with Gasteiger partial charge in [-0.2, -0.15) is 0 Å². The summed E-state index contributed by atoms with van der Waals surface area (Å²) in [6, 6.07) is -1.50. The molecule has 5 fully saturated rings. The van der Waals surface area contributed by atoms with E-state index in [1.54, 1.807) is 0 Å². The number of rotatable bonds is 63. The maximum atomic E-state index is 15.0. The number of ether oxygens (including phenoxy) is 9. The summed E-state index contributed by atoms with van der Waals surface area (Å²) in [7, 11) is 1.29. The van der Waals surface area contributed by atoms with Crippen LogP contribution in [-0.4, -0.2) is 229 Å². The van der Waals surface area contributed by atoms with E-state index in [1.807, 2.05) is 0 Å². The Hall–Kier alpha value is -7.02. The topological polar surface area (TPSA) is 406 Å². The Morgan fingerprint density at radius 3 is 1.10 bits per heavy atom. The Morgan fingerprint density at radius 1 is 0.388 bits per heavy atom. The molecule has 4 aliphatic carbocycles. The standard InChI is InChI=1S/C102H174N6O23.CH4O.CH4/c1-64-52-89(131-100(120)43-42-65(2)109)59-108(64)99(119)41-33-47-106-102(122)83(54-91(115)90(107-98(118)40-25-32-51-126-95-58-87(63-130-81(18)113)73(10)69(6)77(95)14)37-21-28-45-104-97(117)39-24-31-50-125-94-57-86(62-129-80(17)112)72(9)68(5)76(94)13)35-20-27-46-105-101(121)82(53-88(114)36-22-29-48-123-92-55-84(60-127-78(15)110)70(7)66(3)74(92)11)34-19-26-44-103-96(116)38-23-30-49-124-93-56-85(61-128-79(16)111)71(8)67(4)75(93)12;1-2;/h64,66-77,82-87,89-90,92-95H,19-63H2,1-18H3,(H,103,116)(H,104,117)(H,105,121)(H,106,122)(H,107,118);2H,1H3;1H4/t64-,66+,67+,68+,69+,70-,71-,72-,73-,74?,75?,76?,77?,82?,83?,84?,85?,86?,87?,89-,90?,92-,93-,94-,95-;;/m1../s1/i1D;2T;. The van der Waals surface area contributed by atoms with Crippen molar-refractivity contribution in [3.8, 4) is 0 Å². The highest BCUT2D eigenvalue weighted by atomic mass is 16.6. The van der Waals surface area contributed by atoms with Crippen LogP contribution >= 0.6 is 0 Å². The minimum atomic E-state index is -0.997. The van der Waals surface area contributed by atoms with Crippen molar-refractivity contribution in [3.63, 3.8) is 0 Å². The van der Waals surface area contributed by atoms with Gasteiger partial charge in [0.1, 0.15) is 17.7 Å². The van der Waals surface area contributed by atoms with E-state index in [9.17, 15) is 62.3 Å². The van der Waals surface area contributed by atoms with Crippen molar-refractivity contribution in [2.45, 2.75) is 380 Å². The number of nitrogens with one attached hydrogen (secondary N) is 5. The Kier molecular flexibility index (Phi) is 58.3. The van der Waals surface area contributed by atoms with Crippen molar-refractivity contribution in [2.75, 3.05) is 92.7 Å². The molecular formula is C104H182N6O24. The molecule has 0 spiro atoms. The highest BCUT2D eigenvalue weighted by molar-refractivity contribution is 5.92. The predicted octanol–water partition coefficient (Wildman–Crippen LogP) is 14.7. The zero-order chi connectivity index (χ0) is 100. The number of unbranched alkanes of at least 4 members (excludes halogenated alkanes) is 7. The first-order valence-corrected chi connectivity index (χ1v) is 50.9. The summed E-state index contributed by atoms with van der Waals surface area (Å²) in [5.74, 6) is -0.693. The normalized spacial score (nSPS) is 27.5. The summed E-state index contributed by atoms with van der Waals surface area (Å²) >= 11 is 0. The van der Waals surface area contributed by atoms with Crippen LogP contribution < -0.4 is 26.6 Å². The van der Waals surface area contributed by atoms with Crippen LogP contribution in [-0.2, 0) is 110 Å². The van der Waals surface area contributed by atoms with Gasteiger partial charge in [0.15, 0.2) is 5.78 Å². The number of Topliss-reactive ketones (excluding diaryl/α,β-unsaturated/α-hetero) is 3. The minimum absolute atomic E-state index is 0. The number of hydrogen-bond donors (Lipinski definition) is 6. The molecule has 6 N–H and O–H groups in total. The van der Waals surface area contributed by atoms with Gasteiger partial charge >= 0.3 is 29.8 Å². The van der Waals surface area contributed by atoms with Gasteiger partial charge in [0, 0.05) is 164 Å².